The van der Waals surface area contributed by atoms with Crippen molar-refractivity contribution in [3.8, 4) is 0 Å². The summed E-state index contributed by atoms with van der Waals surface area (Å²) in [6.07, 6.45) is 3.65. The Balaban J connectivity index is 2.12. The van der Waals surface area contributed by atoms with E-state index in [0.717, 1.165) is 29.8 Å². The summed E-state index contributed by atoms with van der Waals surface area (Å²) in [6.45, 7) is 10.3. The van der Waals surface area contributed by atoms with Crippen molar-refractivity contribution in [3.05, 3.63) is 65.0 Å². The molecular weight excluding hydrogens is 296 g/mol. The SMILES string of the molecule is Cc1cncc([C@@](O)(c2ccc(C(C)C)cc2)C2(C)CN(C)C2)c1. The van der Waals surface area contributed by atoms with Gasteiger partial charge in [-0.2, -0.15) is 0 Å². The van der Waals surface area contributed by atoms with E-state index in [1.165, 1.54) is 5.56 Å². The number of aryl methyl sites for hydroxylation is 1. The Labute approximate surface area is 145 Å². The third-order valence-electron chi connectivity index (χ3n) is 5.40. The number of aliphatic hydroxyl groups is 1. The minimum absolute atomic E-state index is 0.226. The first-order valence-corrected chi connectivity index (χ1v) is 8.70. The molecule has 0 saturated carbocycles. The van der Waals surface area contributed by atoms with Gasteiger partial charge in [-0.1, -0.05) is 45.0 Å². The first-order valence-electron chi connectivity index (χ1n) is 8.70. The molecule has 1 aromatic carbocycles. The molecule has 0 unspecified atom stereocenters. The molecule has 0 aliphatic carbocycles. The average Bonchev–Trinajstić information content (AvgIpc) is 2.52. The molecule has 24 heavy (non-hydrogen) atoms. The van der Waals surface area contributed by atoms with E-state index >= 15 is 0 Å². The quantitative estimate of drug-likeness (QED) is 0.931. The van der Waals surface area contributed by atoms with Gasteiger partial charge in [-0.3, -0.25) is 4.98 Å². The van der Waals surface area contributed by atoms with Crippen LogP contribution in [-0.4, -0.2) is 35.1 Å². The second-order valence-electron chi connectivity index (χ2n) is 7.97. The summed E-state index contributed by atoms with van der Waals surface area (Å²) in [5.74, 6) is 0.484. The molecule has 3 heteroatoms. The van der Waals surface area contributed by atoms with Crippen LogP contribution in [0.3, 0.4) is 0 Å². The summed E-state index contributed by atoms with van der Waals surface area (Å²) >= 11 is 0. The lowest BCUT2D eigenvalue weighted by molar-refractivity contribution is -0.127. The van der Waals surface area contributed by atoms with Crippen LogP contribution < -0.4 is 0 Å². The topological polar surface area (TPSA) is 36.4 Å². The third kappa shape index (κ3) is 2.66. The van der Waals surface area contributed by atoms with E-state index in [1.807, 2.05) is 19.3 Å². The molecule has 1 saturated heterocycles. The van der Waals surface area contributed by atoms with Crippen LogP contribution in [-0.2, 0) is 5.60 Å². The van der Waals surface area contributed by atoms with E-state index < -0.39 is 5.60 Å². The van der Waals surface area contributed by atoms with E-state index in [1.54, 1.807) is 0 Å². The number of hydrogen-bond acceptors (Lipinski definition) is 3. The van der Waals surface area contributed by atoms with Gasteiger partial charge in [0.05, 0.1) is 0 Å². The number of pyridine rings is 1. The molecule has 3 rings (SSSR count). The van der Waals surface area contributed by atoms with E-state index in [9.17, 15) is 5.11 Å². The molecule has 0 spiro atoms. The summed E-state index contributed by atoms with van der Waals surface area (Å²) in [6, 6.07) is 10.5. The average molecular weight is 324 g/mol. The highest BCUT2D eigenvalue weighted by molar-refractivity contribution is 5.41. The Kier molecular flexibility index (Phi) is 4.27. The molecule has 1 atom stereocenters. The molecule has 1 aliphatic heterocycles. The van der Waals surface area contributed by atoms with Crippen LogP contribution in [0.2, 0.25) is 0 Å². The van der Waals surface area contributed by atoms with Crippen molar-refractivity contribution in [3.63, 3.8) is 0 Å². The number of hydrogen-bond donors (Lipinski definition) is 1. The first-order chi connectivity index (χ1) is 11.3. The monoisotopic (exact) mass is 324 g/mol. The van der Waals surface area contributed by atoms with E-state index in [2.05, 4.69) is 68.0 Å². The Morgan fingerprint density at radius 2 is 1.75 bits per heavy atom. The highest BCUT2D eigenvalue weighted by Gasteiger charge is 2.55. The molecule has 1 N–H and O–H groups in total. The maximum atomic E-state index is 11.9. The maximum Gasteiger partial charge on any atom is 0.124 e. The molecule has 1 aromatic heterocycles. The Morgan fingerprint density at radius 3 is 2.25 bits per heavy atom. The van der Waals surface area contributed by atoms with Gasteiger partial charge in [0.25, 0.3) is 0 Å². The van der Waals surface area contributed by atoms with Gasteiger partial charge in [0.1, 0.15) is 5.60 Å². The Bertz CT molecular complexity index is 717. The highest BCUT2D eigenvalue weighted by atomic mass is 16.3. The van der Waals surface area contributed by atoms with E-state index in [-0.39, 0.29) is 5.41 Å². The lowest BCUT2D eigenvalue weighted by Gasteiger charge is -2.55. The van der Waals surface area contributed by atoms with Crippen molar-refractivity contribution in [2.45, 2.75) is 39.2 Å². The maximum absolute atomic E-state index is 11.9. The number of nitrogens with zero attached hydrogens (tertiary/aromatic N) is 2. The van der Waals surface area contributed by atoms with E-state index in [0.29, 0.717) is 5.92 Å². The molecule has 2 heterocycles. The van der Waals surface area contributed by atoms with Crippen LogP contribution in [0.1, 0.15) is 48.9 Å². The second kappa shape index (κ2) is 5.98. The minimum Gasteiger partial charge on any atom is -0.380 e. The van der Waals surface area contributed by atoms with Crippen LogP contribution in [0.15, 0.2) is 42.7 Å². The van der Waals surface area contributed by atoms with Gasteiger partial charge >= 0.3 is 0 Å². The van der Waals surface area contributed by atoms with Crippen LogP contribution in [0.4, 0.5) is 0 Å². The number of likely N-dealkylation sites (tertiary alicyclic amines) is 1. The van der Waals surface area contributed by atoms with Crippen molar-refractivity contribution in [1.29, 1.82) is 0 Å². The lowest BCUT2D eigenvalue weighted by atomic mass is 9.62. The summed E-state index contributed by atoms with van der Waals surface area (Å²) < 4.78 is 0. The largest absolute Gasteiger partial charge is 0.380 e. The standard InChI is InChI=1S/C21H28N2O/c1-15(2)17-6-8-18(9-7-17)21(24,20(4)13-23(5)14-20)19-10-16(3)11-22-12-19/h6-12,15,24H,13-14H2,1-5H3/t21-/m0/s1. The fraction of sp³-hybridized carbons (Fsp3) is 0.476. The van der Waals surface area contributed by atoms with Crippen molar-refractivity contribution in [2.24, 2.45) is 5.41 Å². The summed E-state index contributed by atoms with van der Waals surface area (Å²) in [4.78, 5) is 6.59. The van der Waals surface area contributed by atoms with Gasteiger partial charge in [0.2, 0.25) is 0 Å². The summed E-state index contributed by atoms with van der Waals surface area (Å²) in [5.41, 5.74) is 2.94. The van der Waals surface area contributed by atoms with Gasteiger partial charge in [-0.15, -0.1) is 0 Å². The van der Waals surface area contributed by atoms with Crippen LogP contribution in [0.25, 0.3) is 0 Å². The third-order valence-corrected chi connectivity index (χ3v) is 5.40. The van der Waals surface area contributed by atoms with Crippen LogP contribution in [0.5, 0.6) is 0 Å². The Morgan fingerprint density at radius 1 is 1.12 bits per heavy atom. The smallest absolute Gasteiger partial charge is 0.124 e. The Hall–Kier alpha value is -1.71. The van der Waals surface area contributed by atoms with Gasteiger partial charge < -0.3 is 10.0 Å². The zero-order valence-corrected chi connectivity index (χ0v) is 15.4. The molecule has 0 radical (unpaired) electrons. The second-order valence-corrected chi connectivity index (χ2v) is 7.97. The van der Waals surface area contributed by atoms with Crippen molar-refractivity contribution < 1.29 is 5.11 Å². The van der Waals surface area contributed by atoms with Crippen LogP contribution >= 0.6 is 0 Å². The van der Waals surface area contributed by atoms with Crippen molar-refractivity contribution in [1.82, 2.24) is 9.88 Å². The number of rotatable bonds is 4. The molecule has 1 fully saturated rings. The lowest BCUT2D eigenvalue weighted by Crippen LogP contribution is -2.63. The van der Waals surface area contributed by atoms with Gasteiger partial charge in [0.15, 0.2) is 0 Å². The molecule has 128 valence electrons. The van der Waals surface area contributed by atoms with Gasteiger partial charge in [-0.05, 0) is 42.6 Å². The van der Waals surface area contributed by atoms with Gasteiger partial charge in [0, 0.05) is 36.5 Å². The zero-order valence-electron chi connectivity index (χ0n) is 15.4. The number of benzene rings is 1. The van der Waals surface area contributed by atoms with E-state index in [4.69, 9.17) is 0 Å². The predicted octanol–water partition coefficient (Wildman–Crippen LogP) is 3.70. The fourth-order valence-corrected chi connectivity index (χ4v) is 4.10. The van der Waals surface area contributed by atoms with Gasteiger partial charge in [-0.25, -0.2) is 0 Å². The molecule has 2 aromatic rings. The predicted molar refractivity (Wildman–Crippen MR) is 98.1 cm³/mol. The fourth-order valence-electron chi connectivity index (χ4n) is 4.10. The molecule has 3 nitrogen and oxygen atoms in total. The molecular formula is C21H28N2O. The van der Waals surface area contributed by atoms with Crippen LogP contribution in [0, 0.1) is 12.3 Å². The molecule has 0 bridgehead atoms. The minimum atomic E-state index is -1.03. The zero-order chi connectivity index (χ0) is 17.5. The molecule has 1 aliphatic rings. The summed E-state index contributed by atoms with van der Waals surface area (Å²) in [7, 11) is 2.10. The summed E-state index contributed by atoms with van der Waals surface area (Å²) in [5, 5.41) is 11.9. The first kappa shape index (κ1) is 17.1. The number of aromatic nitrogens is 1. The molecule has 0 amide bonds. The van der Waals surface area contributed by atoms with Crippen molar-refractivity contribution in [2.75, 3.05) is 20.1 Å². The normalized spacial score (nSPS) is 19.8. The van der Waals surface area contributed by atoms with Crippen molar-refractivity contribution >= 4 is 0 Å². The highest BCUT2D eigenvalue weighted by Crippen LogP contribution is 2.50.